The Labute approximate surface area is 116 Å². The molecule has 2 aromatic rings. The zero-order chi connectivity index (χ0) is 14.1. The number of hydrogen-bond acceptors (Lipinski definition) is 5. The first kappa shape index (κ1) is 12.9. The second kappa shape index (κ2) is 5.09. The van der Waals surface area contributed by atoms with E-state index in [0.717, 1.165) is 37.5 Å². The highest BCUT2D eigenvalue weighted by Crippen LogP contribution is 2.20. The summed E-state index contributed by atoms with van der Waals surface area (Å²) in [5.41, 5.74) is 0.979. The number of carboxylic acid groups (broad SMARTS) is 1. The maximum atomic E-state index is 11.0. The van der Waals surface area contributed by atoms with Gasteiger partial charge in [-0.25, -0.2) is 9.50 Å². The predicted octanol–water partition coefficient (Wildman–Crippen LogP) is 0.324. The van der Waals surface area contributed by atoms with Gasteiger partial charge in [-0.2, -0.15) is 5.10 Å². The fourth-order valence-corrected chi connectivity index (χ4v) is 2.56. The summed E-state index contributed by atoms with van der Waals surface area (Å²) in [7, 11) is 0. The van der Waals surface area contributed by atoms with Crippen LogP contribution in [0.25, 0.3) is 5.52 Å². The minimum atomic E-state index is -0.769. The number of nitrogens with zero attached hydrogens (tertiary/aromatic N) is 5. The van der Waals surface area contributed by atoms with Crippen molar-refractivity contribution in [2.45, 2.75) is 13.0 Å². The summed E-state index contributed by atoms with van der Waals surface area (Å²) in [5, 5.41) is 13.3. The van der Waals surface area contributed by atoms with E-state index < -0.39 is 12.0 Å². The molecule has 0 aliphatic carbocycles. The Bertz CT molecular complexity index is 618. The molecular weight excluding hydrogens is 258 g/mol. The highest BCUT2D eigenvalue weighted by molar-refractivity contribution is 5.73. The van der Waals surface area contributed by atoms with Gasteiger partial charge in [0.15, 0.2) is 5.82 Å². The van der Waals surface area contributed by atoms with E-state index in [2.05, 4.69) is 15.0 Å². The summed E-state index contributed by atoms with van der Waals surface area (Å²) >= 11 is 0. The number of fused-ring (bicyclic) bond motifs is 1. The molecular formula is C13H17N5O2. The second-order valence-electron chi connectivity index (χ2n) is 4.95. The highest BCUT2D eigenvalue weighted by Gasteiger charge is 2.26. The van der Waals surface area contributed by atoms with Crippen LogP contribution < -0.4 is 4.90 Å². The van der Waals surface area contributed by atoms with Crippen LogP contribution in [0.5, 0.6) is 0 Å². The number of piperazine rings is 1. The number of aromatic nitrogens is 3. The lowest BCUT2D eigenvalue weighted by atomic mass is 10.2. The molecule has 1 aliphatic rings. The quantitative estimate of drug-likeness (QED) is 0.870. The third-order valence-corrected chi connectivity index (χ3v) is 3.82. The smallest absolute Gasteiger partial charge is 0.320 e. The van der Waals surface area contributed by atoms with Crippen LogP contribution in [-0.2, 0) is 4.79 Å². The van der Waals surface area contributed by atoms with E-state index in [9.17, 15) is 4.79 Å². The van der Waals surface area contributed by atoms with E-state index >= 15 is 0 Å². The maximum Gasteiger partial charge on any atom is 0.320 e. The Balaban J connectivity index is 1.75. The van der Waals surface area contributed by atoms with Gasteiger partial charge in [-0.1, -0.05) is 0 Å². The lowest BCUT2D eigenvalue weighted by molar-refractivity contribution is -0.142. The first-order chi connectivity index (χ1) is 9.66. The van der Waals surface area contributed by atoms with Gasteiger partial charge in [0.25, 0.3) is 0 Å². The van der Waals surface area contributed by atoms with Crippen LogP contribution in [0.1, 0.15) is 6.92 Å². The lowest BCUT2D eigenvalue weighted by Crippen LogP contribution is -2.52. The van der Waals surface area contributed by atoms with E-state index in [-0.39, 0.29) is 0 Å². The number of anilines is 1. The van der Waals surface area contributed by atoms with Crippen molar-refractivity contribution in [3.63, 3.8) is 0 Å². The van der Waals surface area contributed by atoms with Gasteiger partial charge in [-0.15, -0.1) is 0 Å². The lowest BCUT2D eigenvalue weighted by Gasteiger charge is -2.37. The highest BCUT2D eigenvalue weighted by atomic mass is 16.4. The van der Waals surface area contributed by atoms with Crippen molar-refractivity contribution in [1.82, 2.24) is 19.5 Å². The van der Waals surface area contributed by atoms with Crippen molar-refractivity contribution in [2.75, 3.05) is 31.1 Å². The first-order valence-corrected chi connectivity index (χ1v) is 6.67. The fraction of sp³-hybridized carbons (Fsp3) is 0.462. The predicted molar refractivity (Wildman–Crippen MR) is 73.9 cm³/mol. The van der Waals surface area contributed by atoms with Gasteiger partial charge in [0.05, 0.1) is 6.20 Å². The normalized spacial score (nSPS) is 18.4. The molecule has 1 unspecified atom stereocenters. The van der Waals surface area contributed by atoms with Crippen LogP contribution in [0.3, 0.4) is 0 Å². The average Bonchev–Trinajstić information content (AvgIpc) is 2.95. The van der Waals surface area contributed by atoms with Crippen molar-refractivity contribution in [3.05, 3.63) is 24.7 Å². The SMILES string of the molecule is CC(C(=O)O)N1CCN(c2nccn3nccc23)CC1. The molecule has 3 heterocycles. The molecule has 1 N–H and O–H groups in total. The number of carbonyl (C=O) groups is 1. The van der Waals surface area contributed by atoms with Gasteiger partial charge in [0, 0.05) is 38.6 Å². The Morgan fingerprint density at radius 2 is 2.05 bits per heavy atom. The van der Waals surface area contributed by atoms with Crippen molar-refractivity contribution in [2.24, 2.45) is 0 Å². The van der Waals surface area contributed by atoms with Crippen LogP contribution in [0.2, 0.25) is 0 Å². The summed E-state index contributed by atoms with van der Waals surface area (Å²) in [4.78, 5) is 19.6. The van der Waals surface area contributed by atoms with Crippen molar-refractivity contribution < 1.29 is 9.90 Å². The molecule has 0 bridgehead atoms. The number of carboxylic acids is 1. The Kier molecular flexibility index (Phi) is 3.27. The van der Waals surface area contributed by atoms with Crippen LogP contribution >= 0.6 is 0 Å². The molecule has 1 saturated heterocycles. The van der Waals surface area contributed by atoms with Crippen molar-refractivity contribution in [1.29, 1.82) is 0 Å². The molecule has 7 nitrogen and oxygen atoms in total. The molecule has 0 spiro atoms. The third kappa shape index (κ3) is 2.20. The number of aliphatic carboxylic acids is 1. The molecule has 2 aromatic heterocycles. The second-order valence-corrected chi connectivity index (χ2v) is 4.95. The van der Waals surface area contributed by atoms with Gasteiger partial charge >= 0.3 is 5.97 Å². The molecule has 1 atom stereocenters. The Morgan fingerprint density at radius 3 is 2.75 bits per heavy atom. The summed E-state index contributed by atoms with van der Waals surface area (Å²) in [6, 6.07) is 1.50. The standard InChI is InChI=1S/C13H17N5O2/c1-10(13(19)20)16-6-8-17(9-7-16)12-11-2-3-15-18(11)5-4-14-12/h2-5,10H,6-9H2,1H3,(H,19,20). The average molecular weight is 275 g/mol. The van der Waals surface area contributed by atoms with E-state index in [1.807, 2.05) is 17.2 Å². The minimum Gasteiger partial charge on any atom is -0.480 e. The molecule has 1 fully saturated rings. The van der Waals surface area contributed by atoms with Crippen molar-refractivity contribution in [3.8, 4) is 0 Å². The van der Waals surface area contributed by atoms with Gasteiger partial charge < -0.3 is 10.0 Å². The molecule has 1 aliphatic heterocycles. The first-order valence-electron chi connectivity index (χ1n) is 6.67. The molecule has 3 rings (SSSR count). The van der Waals surface area contributed by atoms with E-state index in [0.29, 0.717) is 0 Å². The molecule has 106 valence electrons. The van der Waals surface area contributed by atoms with Gasteiger partial charge in [-0.05, 0) is 13.0 Å². The topological polar surface area (TPSA) is 74.0 Å². The van der Waals surface area contributed by atoms with Gasteiger partial charge in [-0.3, -0.25) is 9.69 Å². The van der Waals surface area contributed by atoms with Crippen molar-refractivity contribution >= 4 is 17.3 Å². The van der Waals surface area contributed by atoms with Crippen LogP contribution in [0.15, 0.2) is 24.7 Å². The van der Waals surface area contributed by atoms with Crippen LogP contribution in [0.4, 0.5) is 5.82 Å². The third-order valence-electron chi connectivity index (χ3n) is 3.82. The van der Waals surface area contributed by atoms with Crippen LogP contribution in [0, 0.1) is 0 Å². The summed E-state index contributed by atoms with van der Waals surface area (Å²) in [5.74, 6) is 0.141. The zero-order valence-electron chi connectivity index (χ0n) is 11.3. The summed E-state index contributed by atoms with van der Waals surface area (Å²) in [6.45, 7) is 4.73. The molecule has 7 heteroatoms. The minimum absolute atomic E-state index is 0.434. The summed E-state index contributed by atoms with van der Waals surface area (Å²) < 4.78 is 1.80. The number of rotatable bonds is 3. The van der Waals surface area contributed by atoms with Crippen LogP contribution in [-0.4, -0.2) is 62.8 Å². The Hall–Kier alpha value is -2.15. The summed E-state index contributed by atoms with van der Waals surface area (Å²) in [6.07, 6.45) is 5.31. The molecule has 20 heavy (non-hydrogen) atoms. The van der Waals surface area contributed by atoms with E-state index in [4.69, 9.17) is 5.11 Å². The molecule has 0 saturated carbocycles. The maximum absolute atomic E-state index is 11.0. The molecule has 0 aromatic carbocycles. The van der Waals surface area contributed by atoms with Gasteiger partial charge in [0.2, 0.25) is 0 Å². The molecule has 0 radical (unpaired) electrons. The zero-order valence-corrected chi connectivity index (χ0v) is 11.3. The molecule has 0 amide bonds. The largest absolute Gasteiger partial charge is 0.480 e. The number of hydrogen-bond donors (Lipinski definition) is 1. The fourth-order valence-electron chi connectivity index (χ4n) is 2.56. The monoisotopic (exact) mass is 275 g/mol. The van der Waals surface area contributed by atoms with E-state index in [1.54, 1.807) is 23.8 Å². The Morgan fingerprint density at radius 1 is 1.30 bits per heavy atom. The van der Waals surface area contributed by atoms with E-state index in [1.165, 1.54) is 0 Å². The van der Waals surface area contributed by atoms with Gasteiger partial charge in [0.1, 0.15) is 11.6 Å².